The van der Waals surface area contributed by atoms with Crippen molar-refractivity contribution in [2.24, 2.45) is 0 Å². The third-order valence-electron chi connectivity index (χ3n) is 5.77. The van der Waals surface area contributed by atoms with E-state index in [0.29, 0.717) is 39.1 Å². The molecule has 0 saturated carbocycles. The predicted molar refractivity (Wildman–Crippen MR) is 105 cm³/mol. The molecule has 2 aliphatic heterocycles. The monoisotopic (exact) mass is 405 g/mol. The van der Waals surface area contributed by atoms with E-state index in [-0.39, 0.29) is 4.90 Å². The zero-order valence-corrected chi connectivity index (χ0v) is 17.2. The van der Waals surface area contributed by atoms with E-state index >= 15 is 0 Å². The first kappa shape index (κ1) is 19.4. The van der Waals surface area contributed by atoms with Crippen LogP contribution in [0.3, 0.4) is 0 Å². The summed E-state index contributed by atoms with van der Waals surface area (Å²) in [7, 11) is -1.87. The minimum absolute atomic E-state index is 0.263. The molecule has 1 saturated heterocycles. The summed E-state index contributed by atoms with van der Waals surface area (Å²) >= 11 is 0. The highest BCUT2D eigenvalue weighted by Gasteiger charge is 2.45. The summed E-state index contributed by atoms with van der Waals surface area (Å²) in [5, 5.41) is 4.17. The number of aryl methyl sites for hydroxylation is 1. The van der Waals surface area contributed by atoms with Crippen LogP contribution in [0.15, 0.2) is 35.5 Å². The van der Waals surface area contributed by atoms with Crippen LogP contribution in [-0.4, -0.2) is 49.3 Å². The predicted octanol–water partition coefficient (Wildman–Crippen LogP) is 2.55. The molecular weight excluding hydrogens is 378 g/mol. The van der Waals surface area contributed by atoms with Gasteiger partial charge in [0.05, 0.1) is 25.5 Å². The van der Waals surface area contributed by atoms with Crippen molar-refractivity contribution >= 4 is 10.0 Å². The number of fused-ring (bicyclic) bond motifs is 2. The lowest BCUT2D eigenvalue weighted by Crippen LogP contribution is -2.48. The second-order valence-electron chi connectivity index (χ2n) is 7.43. The molecule has 0 N–H and O–H groups in total. The van der Waals surface area contributed by atoms with Gasteiger partial charge in [0.2, 0.25) is 10.0 Å². The first-order chi connectivity index (χ1) is 13.5. The second kappa shape index (κ2) is 7.50. The molecule has 0 bridgehead atoms. The summed E-state index contributed by atoms with van der Waals surface area (Å²) in [5.41, 5.74) is 1.86. The van der Waals surface area contributed by atoms with Crippen molar-refractivity contribution in [2.75, 3.05) is 26.8 Å². The van der Waals surface area contributed by atoms with Crippen molar-refractivity contribution < 1.29 is 17.9 Å². The minimum Gasteiger partial charge on any atom is -0.496 e. The van der Waals surface area contributed by atoms with E-state index in [2.05, 4.69) is 11.2 Å². The number of rotatable bonds is 5. The Bertz CT molecular complexity index is 932. The first-order valence-electron chi connectivity index (χ1n) is 9.83. The highest BCUT2D eigenvalue weighted by molar-refractivity contribution is 7.89. The van der Waals surface area contributed by atoms with Crippen molar-refractivity contribution in [2.45, 2.75) is 49.6 Å². The van der Waals surface area contributed by atoms with Gasteiger partial charge in [-0.1, -0.05) is 19.1 Å². The normalized spacial score (nSPS) is 19.5. The molecule has 3 heterocycles. The van der Waals surface area contributed by atoms with E-state index in [1.54, 1.807) is 22.3 Å². The molecule has 8 heteroatoms. The molecule has 1 aromatic heterocycles. The van der Waals surface area contributed by atoms with E-state index in [9.17, 15) is 8.42 Å². The molecule has 1 spiro atoms. The van der Waals surface area contributed by atoms with Crippen LogP contribution >= 0.6 is 0 Å². The smallest absolute Gasteiger partial charge is 0.246 e. The molecule has 0 unspecified atom stereocenters. The van der Waals surface area contributed by atoms with Crippen LogP contribution in [0.2, 0.25) is 0 Å². The molecule has 4 rings (SSSR count). The highest BCUT2D eigenvalue weighted by atomic mass is 32.2. The van der Waals surface area contributed by atoms with Gasteiger partial charge in [0.15, 0.2) is 0 Å². The van der Waals surface area contributed by atoms with E-state index in [4.69, 9.17) is 9.47 Å². The average Bonchev–Trinajstić information content (AvgIpc) is 3.18. The Morgan fingerprint density at radius 1 is 1.29 bits per heavy atom. The molecule has 0 radical (unpaired) electrons. The lowest BCUT2D eigenvalue weighted by atomic mass is 9.79. The number of piperidine rings is 1. The lowest BCUT2D eigenvalue weighted by Gasteiger charge is -2.45. The van der Waals surface area contributed by atoms with Gasteiger partial charge in [0.25, 0.3) is 0 Å². The summed E-state index contributed by atoms with van der Waals surface area (Å²) in [6, 6.07) is 6.08. The molecule has 1 fully saturated rings. The molecule has 152 valence electrons. The Morgan fingerprint density at radius 2 is 2.07 bits per heavy atom. The highest BCUT2D eigenvalue weighted by Crippen LogP contribution is 2.46. The van der Waals surface area contributed by atoms with Crippen molar-refractivity contribution in [1.82, 2.24) is 14.1 Å². The molecule has 28 heavy (non-hydrogen) atoms. The van der Waals surface area contributed by atoms with Crippen LogP contribution in [0.25, 0.3) is 0 Å². The Hall–Kier alpha value is -1.90. The standard InChI is InChI=1S/C20H27N3O4S/c1-3-10-22-15-17(14-21-22)28(24,25)23-11-8-20(9-12-23)19-16(7-13-27-20)5-4-6-18(19)26-2/h4-6,14-15H,3,7-13H2,1-2H3. The molecule has 0 amide bonds. The van der Waals surface area contributed by atoms with Gasteiger partial charge in [0, 0.05) is 31.4 Å². The van der Waals surface area contributed by atoms with Crippen molar-refractivity contribution in [3.63, 3.8) is 0 Å². The maximum atomic E-state index is 13.1. The van der Waals surface area contributed by atoms with E-state index in [1.165, 1.54) is 11.8 Å². The quantitative estimate of drug-likeness (QED) is 0.764. The van der Waals surface area contributed by atoms with Crippen LogP contribution in [0.1, 0.15) is 37.3 Å². The number of benzene rings is 1. The molecule has 7 nitrogen and oxygen atoms in total. The second-order valence-corrected chi connectivity index (χ2v) is 9.37. The van der Waals surface area contributed by atoms with Crippen molar-refractivity contribution in [3.8, 4) is 5.75 Å². The zero-order valence-electron chi connectivity index (χ0n) is 16.4. The zero-order chi connectivity index (χ0) is 19.8. The lowest BCUT2D eigenvalue weighted by molar-refractivity contribution is -0.0904. The molecule has 2 aromatic rings. The van der Waals surface area contributed by atoms with Crippen LogP contribution < -0.4 is 4.74 Å². The Morgan fingerprint density at radius 3 is 2.79 bits per heavy atom. The fourth-order valence-corrected chi connectivity index (χ4v) is 5.76. The van der Waals surface area contributed by atoms with E-state index in [0.717, 1.165) is 24.2 Å². The van der Waals surface area contributed by atoms with Crippen LogP contribution in [0, 0.1) is 0 Å². The SMILES string of the molecule is CCCn1cc(S(=O)(=O)N2CCC3(CC2)OCCc2cccc(OC)c23)cn1. The van der Waals surface area contributed by atoms with Gasteiger partial charge >= 0.3 is 0 Å². The third-order valence-corrected chi connectivity index (χ3v) is 7.62. The number of nitrogens with zero attached hydrogens (tertiary/aromatic N) is 3. The van der Waals surface area contributed by atoms with Gasteiger partial charge in [0.1, 0.15) is 10.6 Å². The molecular formula is C20H27N3O4S. The molecule has 1 aromatic carbocycles. The molecule has 2 aliphatic rings. The van der Waals surface area contributed by atoms with Gasteiger partial charge in [-0.25, -0.2) is 8.42 Å². The van der Waals surface area contributed by atoms with E-state index < -0.39 is 15.6 Å². The number of methoxy groups -OCH3 is 1. The van der Waals surface area contributed by atoms with Gasteiger partial charge < -0.3 is 9.47 Å². The van der Waals surface area contributed by atoms with Crippen LogP contribution in [0.4, 0.5) is 0 Å². The summed E-state index contributed by atoms with van der Waals surface area (Å²) < 4.78 is 41.2. The number of sulfonamides is 1. The minimum atomic E-state index is -3.54. The first-order valence-corrected chi connectivity index (χ1v) is 11.3. The average molecular weight is 406 g/mol. The maximum Gasteiger partial charge on any atom is 0.246 e. The van der Waals surface area contributed by atoms with Crippen molar-refractivity contribution in [3.05, 3.63) is 41.7 Å². The summed E-state index contributed by atoms with van der Waals surface area (Å²) in [5.74, 6) is 0.828. The topological polar surface area (TPSA) is 73.7 Å². The number of aromatic nitrogens is 2. The Labute approximate surface area is 166 Å². The van der Waals surface area contributed by atoms with Crippen LogP contribution in [0.5, 0.6) is 5.75 Å². The number of ether oxygens (including phenoxy) is 2. The number of hydrogen-bond acceptors (Lipinski definition) is 5. The maximum absolute atomic E-state index is 13.1. The summed E-state index contributed by atoms with van der Waals surface area (Å²) in [6.45, 7) is 4.23. The van der Waals surface area contributed by atoms with E-state index in [1.807, 2.05) is 19.1 Å². The molecule has 0 atom stereocenters. The Kier molecular flexibility index (Phi) is 5.20. The van der Waals surface area contributed by atoms with Crippen LogP contribution in [-0.2, 0) is 33.3 Å². The van der Waals surface area contributed by atoms with Gasteiger partial charge in [-0.2, -0.15) is 9.40 Å². The van der Waals surface area contributed by atoms with Gasteiger partial charge in [-0.05, 0) is 37.3 Å². The fraction of sp³-hybridized carbons (Fsp3) is 0.550. The summed E-state index contributed by atoms with van der Waals surface area (Å²) in [4.78, 5) is 0.263. The molecule has 0 aliphatic carbocycles. The van der Waals surface area contributed by atoms with Gasteiger partial charge in [-0.15, -0.1) is 0 Å². The third kappa shape index (κ3) is 3.23. The number of hydrogen-bond donors (Lipinski definition) is 0. The van der Waals surface area contributed by atoms with Gasteiger partial charge in [-0.3, -0.25) is 4.68 Å². The largest absolute Gasteiger partial charge is 0.496 e. The fourth-order valence-electron chi connectivity index (χ4n) is 4.36. The van der Waals surface area contributed by atoms with Crippen molar-refractivity contribution in [1.29, 1.82) is 0 Å². The summed E-state index contributed by atoms with van der Waals surface area (Å²) in [6.07, 6.45) is 6.06. The Balaban J connectivity index is 1.57.